The second kappa shape index (κ2) is 5.02. The van der Waals surface area contributed by atoms with Crippen molar-refractivity contribution in [2.45, 2.75) is 30.3 Å². The zero-order chi connectivity index (χ0) is 15.1. The molecule has 0 bridgehead atoms. The first-order chi connectivity index (χ1) is 9.20. The van der Waals surface area contributed by atoms with E-state index in [9.17, 15) is 23.3 Å². The standard InChI is InChI=1S/C9H11ClN4O5S/c1-12(6-2-3-6)8(15)5-13-4-7(20(10,18)19)9(11-13)14(16)17/h4,6H,2-3,5H2,1H3. The second-order valence-corrected chi connectivity index (χ2v) is 6.98. The van der Waals surface area contributed by atoms with Crippen molar-refractivity contribution in [2.24, 2.45) is 0 Å². The summed E-state index contributed by atoms with van der Waals surface area (Å²) in [5.41, 5.74) is 0. The monoisotopic (exact) mass is 322 g/mol. The maximum Gasteiger partial charge on any atom is 0.410 e. The summed E-state index contributed by atoms with van der Waals surface area (Å²) in [6.07, 6.45) is 2.73. The predicted molar refractivity (Wildman–Crippen MR) is 67.7 cm³/mol. The smallest absolute Gasteiger partial charge is 0.358 e. The average molecular weight is 323 g/mol. The van der Waals surface area contributed by atoms with Crippen molar-refractivity contribution in [3.63, 3.8) is 0 Å². The molecule has 1 aliphatic carbocycles. The number of rotatable bonds is 5. The summed E-state index contributed by atoms with van der Waals surface area (Å²) in [5, 5.41) is 14.2. The zero-order valence-electron chi connectivity index (χ0n) is 10.4. The Labute approximate surface area is 118 Å². The molecular formula is C9H11ClN4O5S. The van der Waals surface area contributed by atoms with Gasteiger partial charge in [-0.25, -0.2) is 8.42 Å². The molecule has 0 spiro atoms. The van der Waals surface area contributed by atoms with Gasteiger partial charge in [0.25, 0.3) is 9.05 Å². The molecule has 1 aliphatic rings. The van der Waals surface area contributed by atoms with E-state index < -0.39 is 24.7 Å². The number of amides is 1. The van der Waals surface area contributed by atoms with Crippen LogP contribution in [0, 0.1) is 10.1 Å². The third-order valence-electron chi connectivity index (χ3n) is 2.93. The number of halogens is 1. The first-order valence-electron chi connectivity index (χ1n) is 5.62. The summed E-state index contributed by atoms with van der Waals surface area (Å²) >= 11 is 0. The highest BCUT2D eigenvalue weighted by Crippen LogP contribution is 2.27. The topological polar surface area (TPSA) is 115 Å². The van der Waals surface area contributed by atoms with E-state index in [1.165, 1.54) is 4.90 Å². The van der Waals surface area contributed by atoms with Gasteiger partial charge in [-0.05, 0) is 17.8 Å². The predicted octanol–water partition coefficient (Wildman–Crippen LogP) is 0.340. The molecule has 1 aromatic rings. The fraction of sp³-hybridized carbons (Fsp3) is 0.556. The molecule has 0 saturated heterocycles. The van der Waals surface area contributed by atoms with E-state index >= 15 is 0 Å². The number of nitro groups is 1. The summed E-state index contributed by atoms with van der Waals surface area (Å²) < 4.78 is 23.4. The summed E-state index contributed by atoms with van der Waals surface area (Å²) in [4.78, 5) is 22.4. The van der Waals surface area contributed by atoms with E-state index in [0.29, 0.717) is 0 Å². The molecule has 0 aromatic carbocycles. The molecule has 1 amide bonds. The van der Waals surface area contributed by atoms with Crippen molar-refractivity contribution in [3.8, 4) is 0 Å². The fourth-order valence-electron chi connectivity index (χ4n) is 1.69. The Kier molecular flexibility index (Phi) is 3.69. The van der Waals surface area contributed by atoms with Gasteiger partial charge in [0.05, 0.1) is 11.3 Å². The van der Waals surface area contributed by atoms with Crippen LogP contribution in [0.4, 0.5) is 5.82 Å². The lowest BCUT2D eigenvalue weighted by molar-refractivity contribution is -0.392. The molecule has 110 valence electrons. The van der Waals surface area contributed by atoms with Crippen molar-refractivity contribution in [3.05, 3.63) is 16.3 Å². The lowest BCUT2D eigenvalue weighted by Crippen LogP contribution is -2.32. The van der Waals surface area contributed by atoms with Gasteiger partial charge < -0.3 is 15.0 Å². The van der Waals surface area contributed by atoms with Crippen molar-refractivity contribution in [1.82, 2.24) is 14.7 Å². The van der Waals surface area contributed by atoms with Crippen LogP contribution in [-0.2, 0) is 20.4 Å². The molecule has 20 heavy (non-hydrogen) atoms. The zero-order valence-corrected chi connectivity index (χ0v) is 12.0. The van der Waals surface area contributed by atoms with Gasteiger partial charge in [-0.1, -0.05) is 0 Å². The molecule has 0 radical (unpaired) electrons. The molecule has 1 aromatic heterocycles. The first kappa shape index (κ1) is 14.7. The third-order valence-corrected chi connectivity index (χ3v) is 4.24. The minimum Gasteiger partial charge on any atom is -0.358 e. The summed E-state index contributed by atoms with van der Waals surface area (Å²) in [6, 6.07) is 0.185. The second-order valence-electron chi connectivity index (χ2n) is 4.45. The number of carbonyl (C=O) groups is 1. The minimum absolute atomic E-state index is 0.185. The number of likely N-dealkylation sites (N-methyl/N-ethyl adjacent to an activating group) is 1. The Morgan fingerprint density at radius 1 is 1.65 bits per heavy atom. The van der Waals surface area contributed by atoms with Crippen LogP contribution in [0.3, 0.4) is 0 Å². The van der Waals surface area contributed by atoms with Gasteiger partial charge in [-0.3, -0.25) is 4.79 Å². The SMILES string of the molecule is CN(C(=O)Cn1cc(S(=O)(=O)Cl)c([N+](=O)[O-])n1)C1CC1. The molecule has 9 nitrogen and oxygen atoms in total. The molecule has 11 heteroatoms. The average Bonchev–Trinajstić information content (AvgIpc) is 3.07. The van der Waals surface area contributed by atoms with E-state index in [1.54, 1.807) is 7.05 Å². The van der Waals surface area contributed by atoms with E-state index in [0.717, 1.165) is 23.7 Å². The van der Waals surface area contributed by atoms with Crippen LogP contribution in [0.15, 0.2) is 11.1 Å². The molecule has 1 fully saturated rings. The summed E-state index contributed by atoms with van der Waals surface area (Å²) in [6.45, 7) is -0.278. The normalized spacial score (nSPS) is 15.1. The Bertz CT molecular complexity index is 666. The van der Waals surface area contributed by atoms with Crippen LogP contribution < -0.4 is 0 Å². The highest BCUT2D eigenvalue weighted by molar-refractivity contribution is 8.13. The Hall–Kier alpha value is -1.68. The Morgan fingerprint density at radius 3 is 2.65 bits per heavy atom. The fourth-order valence-corrected chi connectivity index (χ4v) is 2.60. The summed E-state index contributed by atoms with van der Waals surface area (Å²) in [7, 11) is 2.43. The van der Waals surface area contributed by atoms with Gasteiger partial charge in [-0.15, -0.1) is 0 Å². The third kappa shape index (κ3) is 3.07. The Morgan fingerprint density at radius 2 is 2.25 bits per heavy atom. The van der Waals surface area contributed by atoms with Crippen LogP contribution in [0.1, 0.15) is 12.8 Å². The number of carbonyl (C=O) groups excluding carboxylic acids is 1. The number of aromatic nitrogens is 2. The van der Waals surface area contributed by atoms with E-state index in [2.05, 4.69) is 5.10 Å². The van der Waals surface area contributed by atoms with Gasteiger partial charge in [0.1, 0.15) is 6.54 Å². The van der Waals surface area contributed by atoms with Crippen LogP contribution >= 0.6 is 10.7 Å². The van der Waals surface area contributed by atoms with Crippen LogP contribution in [0.2, 0.25) is 0 Å². The van der Waals surface area contributed by atoms with Gasteiger partial charge >= 0.3 is 5.82 Å². The van der Waals surface area contributed by atoms with Crippen LogP contribution in [0.5, 0.6) is 0 Å². The highest BCUT2D eigenvalue weighted by Gasteiger charge is 2.33. The molecule has 0 atom stereocenters. The molecule has 0 N–H and O–H groups in total. The van der Waals surface area contributed by atoms with Crippen LogP contribution in [0.25, 0.3) is 0 Å². The quantitative estimate of drug-likeness (QED) is 0.438. The van der Waals surface area contributed by atoms with E-state index in [1.807, 2.05) is 0 Å². The molecular weight excluding hydrogens is 312 g/mol. The maximum atomic E-state index is 11.8. The molecule has 1 heterocycles. The number of hydrogen-bond acceptors (Lipinski definition) is 6. The molecule has 2 rings (SSSR count). The largest absolute Gasteiger partial charge is 0.410 e. The lowest BCUT2D eigenvalue weighted by Gasteiger charge is -2.14. The molecule has 0 aliphatic heterocycles. The van der Waals surface area contributed by atoms with Crippen molar-refractivity contribution >= 4 is 31.5 Å². The number of hydrogen-bond donors (Lipinski definition) is 0. The minimum atomic E-state index is -4.30. The number of nitrogens with zero attached hydrogens (tertiary/aromatic N) is 4. The lowest BCUT2D eigenvalue weighted by atomic mass is 10.5. The molecule has 1 saturated carbocycles. The van der Waals surface area contributed by atoms with Gasteiger partial charge in [0.2, 0.25) is 10.8 Å². The maximum absolute atomic E-state index is 11.8. The van der Waals surface area contributed by atoms with Gasteiger partial charge in [-0.2, -0.15) is 4.68 Å². The van der Waals surface area contributed by atoms with Crippen molar-refractivity contribution < 1.29 is 18.1 Å². The van der Waals surface area contributed by atoms with Gasteiger partial charge in [0.15, 0.2) is 0 Å². The summed E-state index contributed by atoms with van der Waals surface area (Å²) in [5.74, 6) is -1.19. The highest BCUT2D eigenvalue weighted by atomic mass is 35.7. The Balaban J connectivity index is 2.25. The van der Waals surface area contributed by atoms with Crippen molar-refractivity contribution in [1.29, 1.82) is 0 Å². The molecule has 0 unspecified atom stereocenters. The van der Waals surface area contributed by atoms with Crippen LogP contribution in [-0.4, -0.2) is 47.0 Å². The van der Waals surface area contributed by atoms with Gasteiger partial charge in [0, 0.05) is 23.8 Å². The van der Waals surface area contributed by atoms with E-state index in [-0.39, 0.29) is 18.5 Å². The van der Waals surface area contributed by atoms with Crippen molar-refractivity contribution in [2.75, 3.05) is 7.05 Å². The van der Waals surface area contributed by atoms with E-state index in [4.69, 9.17) is 10.7 Å². The first-order valence-corrected chi connectivity index (χ1v) is 7.93.